The Hall–Kier alpha value is -1.78. The van der Waals surface area contributed by atoms with Crippen LogP contribution in [0.25, 0.3) is 0 Å². The molecule has 0 aromatic heterocycles. The fraction of sp³-hybridized carbons (Fsp3) is 0.188. The summed E-state index contributed by atoms with van der Waals surface area (Å²) in [6.45, 7) is 0. The monoisotopic (exact) mass is 337 g/mol. The Morgan fingerprint density at radius 3 is 2.41 bits per heavy atom. The van der Waals surface area contributed by atoms with Crippen LogP contribution < -0.4 is 11.1 Å². The molecule has 22 heavy (non-hydrogen) atoms. The Balaban J connectivity index is 1.88. The van der Waals surface area contributed by atoms with E-state index in [1.807, 2.05) is 6.07 Å². The fourth-order valence-corrected chi connectivity index (χ4v) is 2.87. The molecule has 0 fully saturated rings. The first kappa shape index (κ1) is 15.1. The van der Waals surface area contributed by atoms with E-state index in [9.17, 15) is 4.39 Å². The van der Waals surface area contributed by atoms with Crippen molar-refractivity contribution in [3.8, 4) is 0 Å². The van der Waals surface area contributed by atoms with Gasteiger partial charge in [0.1, 0.15) is 5.82 Å². The zero-order valence-corrected chi connectivity index (χ0v) is 13.1. The number of aliphatic imine (C=N–C) groups is 1. The number of guanidine groups is 1. The molecule has 6 heteroatoms. The number of nitrogens with one attached hydrogen (secondary N) is 1. The summed E-state index contributed by atoms with van der Waals surface area (Å²) in [7, 11) is 0. The van der Waals surface area contributed by atoms with Gasteiger partial charge in [-0.15, -0.1) is 0 Å². The molecule has 0 saturated carbocycles. The summed E-state index contributed by atoms with van der Waals surface area (Å²) in [5.74, 6) is 0.0962. The number of hydrogen-bond acceptors (Lipinski definition) is 3. The standard InChI is InChI=1S/C16H14Cl2FN3/c17-12-6-3-10(7-13(12)18)15-8-14(21-16(20)22-15)9-1-4-11(19)5-2-9/h1-7,14-15H,8H2,(H3,20,21,22). The highest BCUT2D eigenvalue weighted by atomic mass is 35.5. The first-order valence-electron chi connectivity index (χ1n) is 6.83. The van der Waals surface area contributed by atoms with Crippen molar-refractivity contribution in [1.82, 2.24) is 5.32 Å². The number of nitrogens with zero attached hydrogens (tertiary/aromatic N) is 1. The van der Waals surface area contributed by atoms with Gasteiger partial charge in [-0.1, -0.05) is 41.4 Å². The number of hydrogen-bond donors (Lipinski definition) is 2. The second-order valence-electron chi connectivity index (χ2n) is 5.19. The summed E-state index contributed by atoms with van der Waals surface area (Å²) in [4.78, 5) is 4.42. The molecule has 3 N–H and O–H groups in total. The zero-order valence-electron chi connectivity index (χ0n) is 11.6. The van der Waals surface area contributed by atoms with Crippen LogP contribution in [0.4, 0.5) is 4.39 Å². The van der Waals surface area contributed by atoms with Crippen LogP contribution in [-0.4, -0.2) is 5.96 Å². The molecule has 3 rings (SSSR count). The molecule has 0 saturated heterocycles. The molecule has 1 aliphatic rings. The van der Waals surface area contributed by atoms with Gasteiger partial charge >= 0.3 is 0 Å². The lowest BCUT2D eigenvalue weighted by Crippen LogP contribution is -2.39. The van der Waals surface area contributed by atoms with Crippen molar-refractivity contribution < 1.29 is 4.39 Å². The van der Waals surface area contributed by atoms with Crippen molar-refractivity contribution in [1.29, 1.82) is 0 Å². The first-order valence-corrected chi connectivity index (χ1v) is 7.59. The molecule has 2 atom stereocenters. The van der Waals surface area contributed by atoms with Crippen LogP contribution in [0.2, 0.25) is 10.0 Å². The Kier molecular flexibility index (Phi) is 4.23. The first-order chi connectivity index (χ1) is 10.5. The van der Waals surface area contributed by atoms with Crippen LogP contribution in [0, 0.1) is 5.82 Å². The van der Waals surface area contributed by atoms with Crippen LogP contribution in [0.1, 0.15) is 29.6 Å². The fourth-order valence-electron chi connectivity index (χ4n) is 2.56. The van der Waals surface area contributed by atoms with Crippen molar-refractivity contribution >= 4 is 29.2 Å². The highest BCUT2D eigenvalue weighted by molar-refractivity contribution is 6.42. The summed E-state index contributed by atoms with van der Waals surface area (Å²) in [6.07, 6.45) is 0.699. The van der Waals surface area contributed by atoms with Crippen molar-refractivity contribution in [2.45, 2.75) is 18.5 Å². The molecule has 0 amide bonds. The minimum atomic E-state index is -0.262. The molecule has 0 spiro atoms. The summed E-state index contributed by atoms with van der Waals surface area (Å²) in [5.41, 5.74) is 7.81. The van der Waals surface area contributed by atoms with E-state index < -0.39 is 0 Å². The van der Waals surface area contributed by atoms with Gasteiger partial charge in [-0.2, -0.15) is 0 Å². The summed E-state index contributed by atoms with van der Waals surface area (Å²) < 4.78 is 13.1. The minimum absolute atomic E-state index is 0.0300. The van der Waals surface area contributed by atoms with Gasteiger partial charge in [-0.3, -0.25) is 0 Å². The normalized spacial score (nSPS) is 21.1. The number of benzene rings is 2. The Bertz CT molecular complexity index is 716. The van der Waals surface area contributed by atoms with E-state index >= 15 is 0 Å². The third-order valence-electron chi connectivity index (χ3n) is 3.68. The number of nitrogens with two attached hydrogens (primary N) is 1. The minimum Gasteiger partial charge on any atom is -0.370 e. The lowest BCUT2D eigenvalue weighted by atomic mass is 9.94. The number of rotatable bonds is 2. The molecule has 114 valence electrons. The predicted octanol–water partition coefficient (Wildman–Crippen LogP) is 4.22. The largest absolute Gasteiger partial charge is 0.370 e. The quantitative estimate of drug-likeness (QED) is 0.861. The van der Waals surface area contributed by atoms with Crippen molar-refractivity contribution in [3.05, 3.63) is 69.5 Å². The maximum Gasteiger partial charge on any atom is 0.189 e. The molecular formula is C16H14Cl2FN3. The molecule has 3 nitrogen and oxygen atoms in total. The lowest BCUT2D eigenvalue weighted by Gasteiger charge is -2.29. The van der Waals surface area contributed by atoms with Crippen molar-refractivity contribution in [2.24, 2.45) is 10.7 Å². The molecule has 1 heterocycles. The third kappa shape index (κ3) is 3.18. The van der Waals surface area contributed by atoms with E-state index in [0.717, 1.165) is 11.1 Å². The SMILES string of the molecule is NC1=NC(c2ccc(Cl)c(Cl)c2)CC(c2ccc(F)cc2)N1. The molecule has 2 unspecified atom stereocenters. The van der Waals surface area contributed by atoms with Crippen LogP contribution in [-0.2, 0) is 0 Å². The predicted molar refractivity (Wildman–Crippen MR) is 87.7 cm³/mol. The van der Waals surface area contributed by atoms with Gasteiger partial charge in [0.15, 0.2) is 5.96 Å². The van der Waals surface area contributed by atoms with Gasteiger partial charge in [0, 0.05) is 0 Å². The van der Waals surface area contributed by atoms with Gasteiger partial charge < -0.3 is 11.1 Å². The molecule has 0 bridgehead atoms. The topological polar surface area (TPSA) is 50.4 Å². The van der Waals surface area contributed by atoms with Gasteiger partial charge in [0.05, 0.1) is 22.1 Å². The van der Waals surface area contributed by atoms with Crippen LogP contribution in [0.5, 0.6) is 0 Å². The van der Waals surface area contributed by atoms with Crippen LogP contribution >= 0.6 is 23.2 Å². The van der Waals surface area contributed by atoms with Gasteiger partial charge in [-0.05, 0) is 41.8 Å². The van der Waals surface area contributed by atoms with E-state index in [0.29, 0.717) is 22.4 Å². The van der Waals surface area contributed by atoms with Crippen molar-refractivity contribution in [3.63, 3.8) is 0 Å². The smallest absolute Gasteiger partial charge is 0.189 e. The van der Waals surface area contributed by atoms with E-state index in [1.54, 1.807) is 24.3 Å². The van der Waals surface area contributed by atoms with Crippen LogP contribution in [0.3, 0.4) is 0 Å². The van der Waals surface area contributed by atoms with E-state index in [-0.39, 0.29) is 17.9 Å². The highest BCUT2D eigenvalue weighted by Crippen LogP contribution is 2.34. The summed E-state index contributed by atoms with van der Waals surface area (Å²) in [5, 5.41) is 4.12. The van der Waals surface area contributed by atoms with Crippen LogP contribution in [0.15, 0.2) is 47.5 Å². The second kappa shape index (κ2) is 6.15. The molecule has 0 radical (unpaired) electrons. The summed E-state index contributed by atoms with van der Waals surface area (Å²) in [6, 6.07) is 11.7. The molecular weight excluding hydrogens is 324 g/mol. The number of halogens is 3. The maximum atomic E-state index is 13.1. The molecule has 2 aromatic carbocycles. The highest BCUT2D eigenvalue weighted by Gasteiger charge is 2.24. The average Bonchev–Trinajstić information content (AvgIpc) is 2.50. The second-order valence-corrected chi connectivity index (χ2v) is 6.00. The Labute approximate surface area is 137 Å². The summed E-state index contributed by atoms with van der Waals surface area (Å²) >= 11 is 12.0. The zero-order chi connectivity index (χ0) is 15.7. The van der Waals surface area contributed by atoms with E-state index in [4.69, 9.17) is 28.9 Å². The van der Waals surface area contributed by atoms with E-state index in [1.165, 1.54) is 12.1 Å². The van der Waals surface area contributed by atoms with Gasteiger partial charge in [0.2, 0.25) is 0 Å². The molecule has 0 aliphatic carbocycles. The third-order valence-corrected chi connectivity index (χ3v) is 4.42. The van der Waals surface area contributed by atoms with Gasteiger partial charge in [-0.25, -0.2) is 9.38 Å². The Morgan fingerprint density at radius 1 is 1.05 bits per heavy atom. The van der Waals surface area contributed by atoms with E-state index in [2.05, 4.69) is 10.3 Å². The Morgan fingerprint density at radius 2 is 1.73 bits per heavy atom. The lowest BCUT2D eigenvalue weighted by molar-refractivity contribution is 0.486. The molecule has 2 aromatic rings. The average molecular weight is 338 g/mol. The van der Waals surface area contributed by atoms with Gasteiger partial charge in [0.25, 0.3) is 0 Å². The maximum absolute atomic E-state index is 13.1. The molecule has 1 aliphatic heterocycles. The van der Waals surface area contributed by atoms with Crippen molar-refractivity contribution in [2.75, 3.05) is 0 Å².